The summed E-state index contributed by atoms with van der Waals surface area (Å²) >= 11 is 0. The summed E-state index contributed by atoms with van der Waals surface area (Å²) in [6.07, 6.45) is 1.29. The Bertz CT molecular complexity index is 550. The highest BCUT2D eigenvalue weighted by molar-refractivity contribution is 6.16. The first kappa shape index (κ1) is 12.8. The molecule has 6 nitrogen and oxygen atoms in total. The summed E-state index contributed by atoms with van der Waals surface area (Å²) < 4.78 is 5.30. The molecule has 0 aliphatic carbocycles. The van der Waals surface area contributed by atoms with E-state index >= 15 is 0 Å². The zero-order valence-electron chi connectivity index (χ0n) is 10.9. The van der Waals surface area contributed by atoms with E-state index in [4.69, 9.17) is 4.74 Å². The number of para-hydroxylation sites is 1. The standard InChI is InChI=1S/C14H15N3O3/c18-13-9-12(15-14(19)11-7-4-8-20-11)16-17(13)10-5-2-1-3-6-10/h1-3,5-6,11H,4,7-9H2,(H,15,16,19). The van der Waals surface area contributed by atoms with Crippen molar-refractivity contribution in [3.05, 3.63) is 30.3 Å². The van der Waals surface area contributed by atoms with Crippen LogP contribution in [0.15, 0.2) is 35.4 Å². The van der Waals surface area contributed by atoms with Crippen molar-refractivity contribution in [3.63, 3.8) is 0 Å². The van der Waals surface area contributed by atoms with Crippen LogP contribution in [0.25, 0.3) is 0 Å². The van der Waals surface area contributed by atoms with E-state index < -0.39 is 6.10 Å². The molecule has 0 radical (unpaired) electrons. The summed E-state index contributed by atoms with van der Waals surface area (Å²) in [7, 11) is 0. The van der Waals surface area contributed by atoms with Gasteiger partial charge in [-0.15, -0.1) is 0 Å². The maximum absolute atomic E-state index is 11.9. The van der Waals surface area contributed by atoms with E-state index in [9.17, 15) is 9.59 Å². The number of amides is 2. The first-order chi connectivity index (χ1) is 9.74. The molecule has 1 saturated heterocycles. The molecule has 104 valence electrons. The molecular weight excluding hydrogens is 258 g/mol. The highest BCUT2D eigenvalue weighted by atomic mass is 16.5. The van der Waals surface area contributed by atoms with Gasteiger partial charge < -0.3 is 10.1 Å². The Kier molecular flexibility index (Phi) is 3.47. The molecule has 0 spiro atoms. The van der Waals surface area contributed by atoms with Gasteiger partial charge in [0.1, 0.15) is 11.9 Å². The third-order valence-electron chi connectivity index (χ3n) is 3.27. The number of ether oxygens (including phenoxy) is 1. The van der Waals surface area contributed by atoms with Crippen molar-refractivity contribution in [1.29, 1.82) is 0 Å². The van der Waals surface area contributed by atoms with Gasteiger partial charge in [-0.25, -0.2) is 0 Å². The highest BCUT2D eigenvalue weighted by Gasteiger charge is 2.29. The number of nitrogens with one attached hydrogen (secondary N) is 1. The predicted octanol–water partition coefficient (Wildman–Crippen LogP) is 1.03. The number of carbonyl (C=O) groups is 2. The summed E-state index contributed by atoms with van der Waals surface area (Å²) in [6.45, 7) is 0.611. The van der Waals surface area contributed by atoms with Gasteiger partial charge in [-0.1, -0.05) is 18.2 Å². The van der Waals surface area contributed by atoms with Crippen LogP contribution in [-0.4, -0.2) is 30.4 Å². The first-order valence-corrected chi connectivity index (χ1v) is 6.62. The van der Waals surface area contributed by atoms with Crippen molar-refractivity contribution in [3.8, 4) is 0 Å². The Morgan fingerprint density at radius 1 is 1.35 bits per heavy atom. The molecule has 6 heteroatoms. The Balaban J connectivity index is 1.69. The van der Waals surface area contributed by atoms with Gasteiger partial charge in [-0.2, -0.15) is 10.1 Å². The molecule has 2 aliphatic heterocycles. The molecule has 2 amide bonds. The second kappa shape index (κ2) is 5.42. The van der Waals surface area contributed by atoms with Crippen molar-refractivity contribution in [2.75, 3.05) is 11.6 Å². The minimum absolute atomic E-state index is 0.105. The lowest BCUT2D eigenvalue weighted by molar-refractivity contribution is -0.128. The second-order valence-corrected chi connectivity index (χ2v) is 4.76. The fourth-order valence-electron chi connectivity index (χ4n) is 2.28. The van der Waals surface area contributed by atoms with E-state index in [0.717, 1.165) is 12.8 Å². The molecule has 1 unspecified atom stereocenters. The number of benzene rings is 1. The smallest absolute Gasteiger partial charge is 0.255 e. The van der Waals surface area contributed by atoms with Crippen molar-refractivity contribution in [2.24, 2.45) is 5.10 Å². The summed E-state index contributed by atoms with van der Waals surface area (Å²) in [5.74, 6) is 0.00200. The number of nitrogens with zero attached hydrogens (tertiary/aromatic N) is 2. The maximum atomic E-state index is 11.9. The van der Waals surface area contributed by atoms with Crippen LogP contribution in [0.4, 0.5) is 5.69 Å². The van der Waals surface area contributed by atoms with Crippen molar-refractivity contribution < 1.29 is 14.3 Å². The molecular formula is C14H15N3O3. The number of carbonyl (C=O) groups excluding carboxylic acids is 2. The van der Waals surface area contributed by atoms with Crippen LogP contribution in [-0.2, 0) is 14.3 Å². The van der Waals surface area contributed by atoms with Gasteiger partial charge in [-0.05, 0) is 25.0 Å². The Morgan fingerprint density at radius 2 is 2.15 bits per heavy atom. The van der Waals surface area contributed by atoms with Crippen LogP contribution in [0.1, 0.15) is 19.3 Å². The zero-order valence-corrected chi connectivity index (χ0v) is 10.9. The molecule has 2 aliphatic rings. The molecule has 0 saturated carbocycles. The number of hydrogen-bond acceptors (Lipinski definition) is 4. The molecule has 1 aromatic rings. The van der Waals surface area contributed by atoms with Crippen molar-refractivity contribution in [2.45, 2.75) is 25.4 Å². The number of hydrogen-bond donors (Lipinski definition) is 1. The van der Waals surface area contributed by atoms with Crippen LogP contribution in [0, 0.1) is 0 Å². The van der Waals surface area contributed by atoms with E-state index in [2.05, 4.69) is 10.4 Å². The van der Waals surface area contributed by atoms with Crippen LogP contribution >= 0.6 is 0 Å². The molecule has 20 heavy (non-hydrogen) atoms. The van der Waals surface area contributed by atoms with Gasteiger partial charge in [0.15, 0.2) is 0 Å². The minimum atomic E-state index is -0.418. The lowest BCUT2D eigenvalue weighted by Crippen LogP contribution is -2.37. The maximum Gasteiger partial charge on any atom is 0.255 e. The molecule has 0 bridgehead atoms. The fourth-order valence-corrected chi connectivity index (χ4v) is 2.28. The lowest BCUT2D eigenvalue weighted by atomic mass is 10.2. The van der Waals surface area contributed by atoms with E-state index in [1.165, 1.54) is 5.01 Å². The zero-order chi connectivity index (χ0) is 13.9. The predicted molar refractivity (Wildman–Crippen MR) is 73.1 cm³/mol. The van der Waals surface area contributed by atoms with Crippen molar-refractivity contribution >= 4 is 23.3 Å². The third-order valence-corrected chi connectivity index (χ3v) is 3.27. The monoisotopic (exact) mass is 273 g/mol. The van der Waals surface area contributed by atoms with Gasteiger partial charge in [0.25, 0.3) is 11.8 Å². The van der Waals surface area contributed by atoms with Gasteiger partial charge in [0.2, 0.25) is 0 Å². The topological polar surface area (TPSA) is 71.0 Å². The molecule has 3 rings (SSSR count). The number of hydrazone groups is 1. The molecule has 1 aromatic carbocycles. The summed E-state index contributed by atoms with van der Waals surface area (Å²) in [5, 5.41) is 8.15. The van der Waals surface area contributed by atoms with Gasteiger partial charge >= 0.3 is 0 Å². The molecule has 0 aromatic heterocycles. The van der Waals surface area contributed by atoms with Crippen LogP contribution < -0.4 is 10.3 Å². The van der Waals surface area contributed by atoms with Crippen LogP contribution in [0.2, 0.25) is 0 Å². The molecule has 1 fully saturated rings. The van der Waals surface area contributed by atoms with Gasteiger partial charge in [-0.3, -0.25) is 9.59 Å². The Hall–Kier alpha value is -2.21. The summed E-state index contributed by atoms with van der Waals surface area (Å²) in [6, 6.07) is 9.13. The van der Waals surface area contributed by atoms with E-state index in [1.807, 2.05) is 18.2 Å². The Labute approximate surface area is 116 Å². The highest BCUT2D eigenvalue weighted by Crippen LogP contribution is 2.19. The second-order valence-electron chi connectivity index (χ2n) is 4.76. The van der Waals surface area contributed by atoms with Crippen molar-refractivity contribution in [1.82, 2.24) is 5.32 Å². The third kappa shape index (κ3) is 2.55. The quantitative estimate of drug-likeness (QED) is 0.875. The summed E-state index contributed by atoms with van der Waals surface area (Å²) in [5.41, 5.74) is 0.693. The normalized spacial score (nSPS) is 22.0. The first-order valence-electron chi connectivity index (χ1n) is 6.62. The largest absolute Gasteiger partial charge is 0.368 e. The van der Waals surface area contributed by atoms with E-state index in [1.54, 1.807) is 12.1 Å². The molecule has 2 heterocycles. The molecule has 1 atom stereocenters. The SMILES string of the molecule is O=C(NC1=NN(c2ccccc2)C(=O)C1)C1CCCO1. The number of amidine groups is 1. The average Bonchev–Trinajstić information content (AvgIpc) is 3.09. The molecule has 1 N–H and O–H groups in total. The van der Waals surface area contributed by atoms with Gasteiger partial charge in [0.05, 0.1) is 12.1 Å². The fraction of sp³-hybridized carbons (Fsp3) is 0.357. The summed E-state index contributed by atoms with van der Waals surface area (Å²) in [4.78, 5) is 23.8. The Morgan fingerprint density at radius 3 is 2.85 bits per heavy atom. The number of anilines is 1. The average molecular weight is 273 g/mol. The lowest BCUT2D eigenvalue weighted by Gasteiger charge is -2.10. The van der Waals surface area contributed by atoms with Gasteiger partial charge in [0, 0.05) is 6.61 Å². The van der Waals surface area contributed by atoms with Crippen LogP contribution in [0.3, 0.4) is 0 Å². The van der Waals surface area contributed by atoms with Crippen LogP contribution in [0.5, 0.6) is 0 Å². The number of rotatable bonds is 2. The van der Waals surface area contributed by atoms with E-state index in [0.29, 0.717) is 18.1 Å². The van der Waals surface area contributed by atoms with E-state index in [-0.39, 0.29) is 18.2 Å². The minimum Gasteiger partial charge on any atom is -0.368 e.